The van der Waals surface area contributed by atoms with Crippen molar-refractivity contribution in [2.24, 2.45) is 0 Å². The number of ketones is 2. The molecule has 43 heavy (non-hydrogen) atoms. The number of hydrogen-bond acceptors (Lipinski definition) is 9. The molecule has 0 saturated carbocycles. The van der Waals surface area contributed by atoms with E-state index < -0.39 is 0 Å². The molecule has 0 bridgehead atoms. The minimum Gasteiger partial charge on any atom is -1.00 e. The molecule has 0 saturated heterocycles. The van der Waals surface area contributed by atoms with Crippen molar-refractivity contribution in [1.82, 2.24) is 0 Å². The van der Waals surface area contributed by atoms with Crippen LogP contribution in [-0.4, -0.2) is 33.4 Å². The van der Waals surface area contributed by atoms with Gasteiger partial charge in [0.05, 0.1) is 11.1 Å². The van der Waals surface area contributed by atoms with E-state index in [1.807, 2.05) is 48.5 Å². The van der Waals surface area contributed by atoms with Crippen molar-refractivity contribution in [2.75, 3.05) is 0 Å². The summed E-state index contributed by atoms with van der Waals surface area (Å²) in [5.41, 5.74) is 2.91. The third-order valence-corrected chi connectivity index (χ3v) is 5.64. The van der Waals surface area contributed by atoms with Gasteiger partial charge in [0.2, 0.25) is 0 Å². The summed E-state index contributed by atoms with van der Waals surface area (Å²) in [4.78, 5) is 33.1. The summed E-state index contributed by atoms with van der Waals surface area (Å²) < 4.78 is 5.54. The van der Waals surface area contributed by atoms with Gasteiger partial charge in [0.25, 0.3) is 6.47 Å². The molecule has 0 radical (unpaired) electrons. The second kappa shape index (κ2) is 25.9. The van der Waals surface area contributed by atoms with Crippen molar-refractivity contribution in [1.29, 1.82) is 0 Å². The van der Waals surface area contributed by atoms with E-state index in [4.69, 9.17) is 25.0 Å². The predicted molar refractivity (Wildman–Crippen MR) is 156 cm³/mol. The molecule has 4 aromatic rings. The normalized spacial score (nSPS) is 8.84. The Morgan fingerprint density at radius 1 is 0.767 bits per heavy atom. The van der Waals surface area contributed by atoms with Crippen LogP contribution < -0.4 is 113 Å². The summed E-state index contributed by atoms with van der Waals surface area (Å²) >= 11 is 3.36. The van der Waals surface area contributed by atoms with Crippen LogP contribution in [0.3, 0.4) is 0 Å². The van der Waals surface area contributed by atoms with Gasteiger partial charge in [-0.05, 0) is 49.2 Å². The minimum absolute atomic E-state index is 0. The summed E-state index contributed by atoms with van der Waals surface area (Å²) in [6.07, 6.45) is 0. The molecule has 0 fully saturated rings. The quantitative estimate of drug-likeness (QED) is 0.0583. The molecule has 4 aromatic carbocycles. The molecule has 0 aromatic heterocycles. The fourth-order valence-electron chi connectivity index (χ4n) is 3.02. The van der Waals surface area contributed by atoms with E-state index in [2.05, 4.69) is 33.0 Å². The topological polar surface area (TPSA) is 153 Å². The number of benzene rings is 4. The number of aromatic hydroxyl groups is 3. The summed E-state index contributed by atoms with van der Waals surface area (Å²) in [5, 5.41) is 37.0. The standard InChI is InChI=1S/C15H14O3.C8H8O3.C7H7Br.CH2O3.2K.H/c1-11(16)14-8-7-13(9-15(14)17)18-10-12-5-3-2-4-6-12;1-5(9)7-3-2-6(10)4-8(7)11;8-6-7-4-2-1-3-5-7;2-1-4-3;;;/h2-9,17H,10H2,1H3;2-4,10-11H,1H3;1-5H,6H2;1,3H;;;/q;;;;2*+1;-1/p-1. The maximum atomic E-state index is 11.2. The van der Waals surface area contributed by atoms with Crippen LogP contribution in [0.5, 0.6) is 23.0 Å². The number of ether oxygens (including phenoxy) is 1. The summed E-state index contributed by atoms with van der Waals surface area (Å²) in [6.45, 7) is 3.02. The van der Waals surface area contributed by atoms with Crippen molar-refractivity contribution >= 4 is 34.0 Å². The van der Waals surface area contributed by atoms with Crippen molar-refractivity contribution in [3.63, 3.8) is 0 Å². The Labute approximate surface area is 345 Å². The fraction of sp³-hybridized carbons (Fsp3) is 0.129. The molecule has 0 aliphatic carbocycles. The van der Waals surface area contributed by atoms with E-state index >= 15 is 0 Å². The van der Waals surface area contributed by atoms with E-state index in [1.165, 1.54) is 37.6 Å². The Bertz CT molecular complexity index is 1380. The van der Waals surface area contributed by atoms with E-state index in [-0.39, 0.29) is 145 Å². The smallest absolute Gasteiger partial charge is 1.00 e. The molecule has 0 unspecified atom stereocenters. The van der Waals surface area contributed by atoms with Crippen LogP contribution in [0, 0.1) is 0 Å². The van der Waals surface area contributed by atoms with Gasteiger partial charge in [0, 0.05) is 17.5 Å². The van der Waals surface area contributed by atoms with Crippen molar-refractivity contribution in [2.45, 2.75) is 25.8 Å². The molecule has 0 atom stereocenters. The largest absolute Gasteiger partial charge is 1.00 e. The average Bonchev–Trinajstić information content (AvgIpc) is 2.97. The van der Waals surface area contributed by atoms with Gasteiger partial charge in [-0.25, -0.2) is 0 Å². The first-order chi connectivity index (χ1) is 19.6. The zero-order valence-electron chi connectivity index (χ0n) is 25.4. The van der Waals surface area contributed by atoms with Crippen molar-refractivity contribution in [3.8, 4) is 23.0 Å². The molecule has 0 amide bonds. The summed E-state index contributed by atoms with van der Waals surface area (Å²) in [6, 6.07) is 28.6. The molecule has 0 aliphatic heterocycles. The van der Waals surface area contributed by atoms with E-state index in [9.17, 15) is 14.7 Å². The first kappa shape index (κ1) is 43.7. The van der Waals surface area contributed by atoms with Crippen molar-refractivity contribution in [3.05, 3.63) is 119 Å². The number of rotatable bonds is 7. The first-order valence-electron chi connectivity index (χ1n) is 12.0. The predicted octanol–water partition coefficient (Wildman–Crippen LogP) is -0.389. The van der Waals surface area contributed by atoms with Crippen LogP contribution in [0.4, 0.5) is 0 Å². The van der Waals surface area contributed by atoms with Crippen LogP contribution in [0.2, 0.25) is 0 Å². The van der Waals surface area contributed by atoms with Crippen LogP contribution in [0.25, 0.3) is 0 Å². The number of phenols is 3. The molecule has 4 rings (SSSR count). The van der Waals surface area contributed by atoms with Gasteiger partial charge in [-0.15, -0.1) is 0 Å². The fourth-order valence-corrected chi connectivity index (χ4v) is 3.40. The summed E-state index contributed by atoms with van der Waals surface area (Å²) in [7, 11) is 0. The van der Waals surface area contributed by atoms with Gasteiger partial charge >= 0.3 is 103 Å². The molecule has 12 heteroatoms. The Morgan fingerprint density at radius 3 is 1.58 bits per heavy atom. The average molecular weight is 706 g/mol. The first-order valence-corrected chi connectivity index (χ1v) is 13.1. The molecule has 0 aliphatic rings. The van der Waals surface area contributed by atoms with E-state index in [0.717, 1.165) is 17.0 Å². The molecular formula is C31H31BrK2O9. The van der Waals surface area contributed by atoms with E-state index in [0.29, 0.717) is 17.9 Å². The van der Waals surface area contributed by atoms with Crippen LogP contribution in [0.15, 0.2) is 97.1 Å². The zero-order chi connectivity index (χ0) is 30.6. The molecule has 218 valence electrons. The Morgan fingerprint density at radius 2 is 1.21 bits per heavy atom. The molecule has 0 spiro atoms. The maximum absolute atomic E-state index is 11.2. The Kier molecular flexibility index (Phi) is 26.3. The van der Waals surface area contributed by atoms with Crippen molar-refractivity contribution < 1.29 is 149 Å². The van der Waals surface area contributed by atoms with Crippen LogP contribution in [-0.2, 0) is 21.6 Å². The SMILES string of the molecule is BrCc1ccccc1.CC(=O)c1ccc(O)cc1O.CC(=O)c1ccc(OCc2ccccc2)cc1O.O=CO[O-].[H-].[K+].[K+]. The number of Topliss-reactive ketones (excluding diaryl/α,β-unsaturated/α-hetero) is 2. The number of carbonyl (C=O) groups is 3. The minimum atomic E-state index is -0.220. The molecule has 3 N–H and O–H groups in total. The van der Waals surface area contributed by atoms with Gasteiger partial charge in [-0.1, -0.05) is 76.6 Å². The molecular weight excluding hydrogens is 674 g/mol. The third kappa shape index (κ3) is 18.9. The van der Waals surface area contributed by atoms with Gasteiger partial charge in [-0.3, -0.25) is 14.4 Å². The van der Waals surface area contributed by atoms with Crippen LogP contribution in [0.1, 0.15) is 47.1 Å². The van der Waals surface area contributed by atoms with Gasteiger partial charge in [-0.2, -0.15) is 0 Å². The second-order valence-electron chi connectivity index (χ2n) is 8.08. The number of halogens is 1. The Balaban J connectivity index is -0.000000558. The van der Waals surface area contributed by atoms with Gasteiger partial charge in [0.1, 0.15) is 29.6 Å². The monoisotopic (exact) mass is 704 g/mol. The third-order valence-electron chi connectivity index (χ3n) is 4.99. The van der Waals surface area contributed by atoms with E-state index in [1.54, 1.807) is 12.1 Å². The second-order valence-corrected chi connectivity index (χ2v) is 8.64. The number of hydrogen-bond donors (Lipinski definition) is 3. The molecule has 9 nitrogen and oxygen atoms in total. The zero-order valence-corrected chi connectivity index (χ0v) is 32.2. The number of carbonyl (C=O) groups excluding carboxylic acids is 3. The number of phenolic OH excluding ortho intramolecular Hbond substituents is 3. The Hall–Kier alpha value is -1.40. The van der Waals surface area contributed by atoms with Crippen LogP contribution >= 0.6 is 15.9 Å². The maximum Gasteiger partial charge on any atom is 1.00 e. The molecule has 0 heterocycles. The van der Waals surface area contributed by atoms with Gasteiger partial charge < -0.3 is 31.6 Å². The summed E-state index contributed by atoms with van der Waals surface area (Å²) in [5.74, 6) is -0.121. The van der Waals surface area contributed by atoms with Gasteiger partial charge in [0.15, 0.2) is 11.6 Å². The number of alkyl halides is 1.